The van der Waals surface area contributed by atoms with Crippen LogP contribution in [0.25, 0.3) is 10.6 Å². The standard InChI is InChI=1S/C17H20N2O4S/c1-11-9-19(7-8-23-11)17(20)13-10-24-16(18-13)12-5-4-6-14(21-2)15(12)22-3/h4-6,10-11H,7-9H2,1-3H3/t11-/m0/s1. The van der Waals surface area contributed by atoms with E-state index in [1.54, 1.807) is 24.5 Å². The van der Waals surface area contributed by atoms with Crippen LogP contribution >= 0.6 is 11.3 Å². The number of benzene rings is 1. The highest BCUT2D eigenvalue weighted by Gasteiger charge is 2.25. The summed E-state index contributed by atoms with van der Waals surface area (Å²) in [6, 6.07) is 5.62. The number of carbonyl (C=O) groups is 1. The number of hydrogen-bond donors (Lipinski definition) is 0. The summed E-state index contributed by atoms with van der Waals surface area (Å²) in [5.74, 6) is 1.20. The monoisotopic (exact) mass is 348 g/mol. The Morgan fingerprint density at radius 2 is 2.21 bits per heavy atom. The molecule has 7 heteroatoms. The van der Waals surface area contributed by atoms with Gasteiger partial charge in [0.05, 0.1) is 32.5 Å². The van der Waals surface area contributed by atoms with E-state index in [0.717, 1.165) is 10.6 Å². The van der Waals surface area contributed by atoms with Gasteiger partial charge in [-0.15, -0.1) is 11.3 Å². The molecule has 0 radical (unpaired) electrons. The molecule has 2 aromatic rings. The van der Waals surface area contributed by atoms with E-state index in [-0.39, 0.29) is 12.0 Å². The van der Waals surface area contributed by atoms with Gasteiger partial charge in [0, 0.05) is 18.5 Å². The minimum Gasteiger partial charge on any atom is -0.493 e. The summed E-state index contributed by atoms with van der Waals surface area (Å²) in [6.45, 7) is 3.72. The number of nitrogens with zero attached hydrogens (tertiary/aromatic N) is 2. The summed E-state index contributed by atoms with van der Waals surface area (Å²) in [6.07, 6.45) is 0.0549. The predicted octanol–water partition coefficient (Wildman–Crippen LogP) is 2.69. The Bertz CT molecular complexity index is 731. The second-order valence-electron chi connectivity index (χ2n) is 5.51. The molecule has 1 saturated heterocycles. The van der Waals surface area contributed by atoms with Gasteiger partial charge >= 0.3 is 0 Å². The summed E-state index contributed by atoms with van der Waals surface area (Å²) in [7, 11) is 3.19. The van der Waals surface area contributed by atoms with Crippen LogP contribution in [0.3, 0.4) is 0 Å². The Kier molecular flexibility index (Phi) is 5.01. The highest BCUT2D eigenvalue weighted by atomic mass is 32.1. The van der Waals surface area contributed by atoms with Crippen molar-refractivity contribution in [1.29, 1.82) is 0 Å². The van der Waals surface area contributed by atoms with Gasteiger partial charge in [-0.2, -0.15) is 0 Å². The molecule has 1 amide bonds. The first kappa shape index (κ1) is 16.7. The molecule has 0 spiro atoms. The number of thiazole rings is 1. The molecule has 0 bridgehead atoms. The van der Waals surface area contributed by atoms with Crippen LogP contribution in [0.5, 0.6) is 11.5 Å². The van der Waals surface area contributed by atoms with Crippen LogP contribution in [0.15, 0.2) is 23.6 Å². The lowest BCUT2D eigenvalue weighted by Gasteiger charge is -2.30. The van der Waals surface area contributed by atoms with Crippen molar-refractivity contribution in [3.8, 4) is 22.1 Å². The predicted molar refractivity (Wildman–Crippen MR) is 92.0 cm³/mol. The number of amides is 1. The van der Waals surface area contributed by atoms with Gasteiger partial charge < -0.3 is 19.1 Å². The molecule has 0 saturated carbocycles. The van der Waals surface area contributed by atoms with Crippen LogP contribution in [-0.2, 0) is 4.74 Å². The van der Waals surface area contributed by atoms with E-state index in [9.17, 15) is 4.79 Å². The fourth-order valence-corrected chi connectivity index (χ4v) is 3.53. The van der Waals surface area contributed by atoms with Crippen molar-refractivity contribution in [3.63, 3.8) is 0 Å². The minimum atomic E-state index is -0.0606. The van der Waals surface area contributed by atoms with Gasteiger partial charge in [0.25, 0.3) is 5.91 Å². The third kappa shape index (κ3) is 3.22. The molecule has 0 N–H and O–H groups in total. The van der Waals surface area contributed by atoms with Gasteiger partial charge in [-0.3, -0.25) is 4.79 Å². The first-order chi connectivity index (χ1) is 11.6. The van der Waals surface area contributed by atoms with E-state index in [2.05, 4.69) is 4.98 Å². The zero-order chi connectivity index (χ0) is 17.1. The topological polar surface area (TPSA) is 60.9 Å². The molecule has 24 heavy (non-hydrogen) atoms. The van der Waals surface area contributed by atoms with Gasteiger partial charge in [-0.25, -0.2) is 4.98 Å². The molecule has 0 aliphatic carbocycles. The van der Waals surface area contributed by atoms with Gasteiger partial charge in [0.2, 0.25) is 0 Å². The Balaban J connectivity index is 1.87. The molecule has 1 atom stereocenters. The average molecular weight is 348 g/mol. The van der Waals surface area contributed by atoms with Crippen molar-refractivity contribution in [2.24, 2.45) is 0 Å². The van der Waals surface area contributed by atoms with Crippen molar-refractivity contribution in [2.45, 2.75) is 13.0 Å². The van der Waals surface area contributed by atoms with E-state index in [4.69, 9.17) is 14.2 Å². The van der Waals surface area contributed by atoms with E-state index >= 15 is 0 Å². The number of para-hydroxylation sites is 1. The Hall–Kier alpha value is -2.12. The van der Waals surface area contributed by atoms with Crippen molar-refractivity contribution in [2.75, 3.05) is 33.9 Å². The number of rotatable bonds is 4. The first-order valence-corrected chi connectivity index (χ1v) is 8.59. The number of aromatic nitrogens is 1. The van der Waals surface area contributed by atoms with Gasteiger partial charge in [-0.05, 0) is 19.1 Å². The summed E-state index contributed by atoms with van der Waals surface area (Å²) < 4.78 is 16.3. The van der Waals surface area contributed by atoms with Gasteiger partial charge in [0.1, 0.15) is 10.7 Å². The smallest absolute Gasteiger partial charge is 0.273 e. The van der Waals surface area contributed by atoms with E-state index in [0.29, 0.717) is 36.9 Å². The number of ether oxygens (including phenoxy) is 3. The number of morpholine rings is 1. The third-order valence-electron chi connectivity index (χ3n) is 3.88. The molecule has 1 aromatic carbocycles. The molecule has 1 fully saturated rings. The lowest BCUT2D eigenvalue weighted by atomic mass is 10.2. The largest absolute Gasteiger partial charge is 0.493 e. The highest BCUT2D eigenvalue weighted by molar-refractivity contribution is 7.13. The second kappa shape index (κ2) is 7.19. The van der Waals surface area contributed by atoms with Crippen LogP contribution < -0.4 is 9.47 Å². The van der Waals surface area contributed by atoms with E-state index in [1.807, 2.05) is 25.1 Å². The van der Waals surface area contributed by atoms with Crippen LogP contribution in [0.4, 0.5) is 0 Å². The summed E-state index contributed by atoms with van der Waals surface area (Å²) in [4.78, 5) is 18.9. The lowest BCUT2D eigenvalue weighted by Crippen LogP contribution is -2.44. The zero-order valence-corrected chi connectivity index (χ0v) is 14.8. The third-order valence-corrected chi connectivity index (χ3v) is 4.76. The maximum Gasteiger partial charge on any atom is 0.273 e. The Labute approximate surface area is 145 Å². The number of methoxy groups -OCH3 is 2. The highest BCUT2D eigenvalue weighted by Crippen LogP contribution is 2.39. The SMILES string of the molecule is COc1cccc(-c2nc(C(=O)N3CCO[C@@H](C)C3)cs2)c1OC. The molecule has 128 valence electrons. The van der Waals surface area contributed by atoms with E-state index < -0.39 is 0 Å². The number of hydrogen-bond acceptors (Lipinski definition) is 6. The first-order valence-electron chi connectivity index (χ1n) is 7.71. The number of carbonyl (C=O) groups excluding carboxylic acids is 1. The fourth-order valence-electron chi connectivity index (χ4n) is 2.72. The molecular formula is C17H20N2O4S. The average Bonchev–Trinajstić information content (AvgIpc) is 3.10. The van der Waals surface area contributed by atoms with Crippen LogP contribution in [0, 0.1) is 0 Å². The molecule has 3 rings (SSSR count). The van der Waals surface area contributed by atoms with Crippen molar-refractivity contribution < 1.29 is 19.0 Å². The summed E-state index contributed by atoms with van der Waals surface area (Å²) in [5, 5.41) is 2.52. The second-order valence-corrected chi connectivity index (χ2v) is 6.37. The maximum atomic E-state index is 12.6. The molecule has 0 unspecified atom stereocenters. The molecule has 2 heterocycles. The fraction of sp³-hybridized carbons (Fsp3) is 0.412. The maximum absolute atomic E-state index is 12.6. The molecule has 1 aliphatic heterocycles. The molecule has 6 nitrogen and oxygen atoms in total. The van der Waals surface area contributed by atoms with Crippen LogP contribution in [0.2, 0.25) is 0 Å². The Morgan fingerprint density at radius 3 is 2.92 bits per heavy atom. The zero-order valence-electron chi connectivity index (χ0n) is 13.9. The lowest BCUT2D eigenvalue weighted by molar-refractivity contribution is -0.0126. The van der Waals surface area contributed by atoms with Gasteiger partial charge in [0.15, 0.2) is 11.5 Å². The molecule has 1 aliphatic rings. The minimum absolute atomic E-state index is 0.0549. The molecular weight excluding hydrogens is 328 g/mol. The normalized spacial score (nSPS) is 17.6. The summed E-state index contributed by atoms with van der Waals surface area (Å²) in [5.41, 5.74) is 1.27. The van der Waals surface area contributed by atoms with Gasteiger partial charge in [-0.1, -0.05) is 6.07 Å². The van der Waals surface area contributed by atoms with Crippen molar-refractivity contribution >= 4 is 17.2 Å². The van der Waals surface area contributed by atoms with E-state index in [1.165, 1.54) is 11.3 Å². The Morgan fingerprint density at radius 1 is 1.38 bits per heavy atom. The quantitative estimate of drug-likeness (QED) is 0.850. The van der Waals surface area contributed by atoms with Crippen molar-refractivity contribution in [3.05, 3.63) is 29.3 Å². The van der Waals surface area contributed by atoms with Crippen LogP contribution in [0.1, 0.15) is 17.4 Å². The van der Waals surface area contributed by atoms with Crippen LogP contribution in [-0.4, -0.2) is 55.8 Å². The summed E-state index contributed by atoms with van der Waals surface area (Å²) >= 11 is 1.42. The molecule has 1 aromatic heterocycles. The van der Waals surface area contributed by atoms with Crippen molar-refractivity contribution in [1.82, 2.24) is 9.88 Å².